The maximum atomic E-state index is 13.7. The quantitative estimate of drug-likeness (QED) is 0.546. The number of aromatic nitrogens is 2. The van der Waals surface area contributed by atoms with Crippen molar-refractivity contribution in [3.63, 3.8) is 0 Å². The van der Waals surface area contributed by atoms with E-state index >= 15 is 0 Å². The second-order valence-corrected chi connectivity index (χ2v) is 6.81. The van der Waals surface area contributed by atoms with E-state index in [0.717, 1.165) is 14.7 Å². The molecule has 102 valence electrons. The Balaban J connectivity index is 1.84. The minimum Gasteiger partial charge on any atom is -0.383 e. The van der Waals surface area contributed by atoms with Crippen LogP contribution in [0.2, 0.25) is 0 Å². The summed E-state index contributed by atoms with van der Waals surface area (Å²) < 4.78 is 14.5. The summed E-state index contributed by atoms with van der Waals surface area (Å²) >= 11 is 6.23. The van der Waals surface area contributed by atoms with Crippen molar-refractivity contribution >= 4 is 55.1 Å². The minimum absolute atomic E-state index is 0.231. The van der Waals surface area contributed by atoms with Gasteiger partial charge in [0.05, 0.1) is 5.39 Å². The lowest BCUT2D eigenvalue weighted by molar-refractivity contribution is 0.617. The van der Waals surface area contributed by atoms with Gasteiger partial charge in [-0.05, 0) is 35.2 Å². The molecule has 20 heavy (non-hydrogen) atoms. The molecule has 0 bridgehead atoms. The van der Waals surface area contributed by atoms with E-state index in [4.69, 9.17) is 5.73 Å². The molecule has 3 nitrogen and oxygen atoms in total. The molecule has 0 fully saturated rings. The smallest absolute Gasteiger partial charge is 0.191 e. The summed E-state index contributed by atoms with van der Waals surface area (Å²) in [7, 11) is 0. The number of hydrogen-bond acceptors (Lipinski definition) is 5. The van der Waals surface area contributed by atoms with Crippen LogP contribution in [0.15, 0.2) is 39.3 Å². The number of hydrogen-bond donors (Lipinski definition) is 1. The molecule has 0 radical (unpaired) electrons. The predicted molar refractivity (Wildman–Crippen MR) is 85.5 cm³/mol. The molecule has 2 aromatic heterocycles. The van der Waals surface area contributed by atoms with Gasteiger partial charge >= 0.3 is 0 Å². The van der Waals surface area contributed by atoms with Gasteiger partial charge in [0.1, 0.15) is 16.5 Å². The SMILES string of the molecule is Nc1nc(SCc2cc(Br)ccc2F)nc2sccc12. The van der Waals surface area contributed by atoms with Gasteiger partial charge in [0.25, 0.3) is 0 Å². The monoisotopic (exact) mass is 369 g/mol. The summed E-state index contributed by atoms with van der Waals surface area (Å²) in [5.41, 5.74) is 6.49. The van der Waals surface area contributed by atoms with Crippen LogP contribution in [-0.4, -0.2) is 9.97 Å². The van der Waals surface area contributed by atoms with E-state index in [2.05, 4.69) is 25.9 Å². The van der Waals surface area contributed by atoms with Crippen molar-refractivity contribution in [3.8, 4) is 0 Å². The lowest BCUT2D eigenvalue weighted by Gasteiger charge is -2.04. The van der Waals surface area contributed by atoms with Crippen molar-refractivity contribution in [1.29, 1.82) is 0 Å². The summed E-state index contributed by atoms with van der Waals surface area (Å²) in [5.74, 6) is 0.695. The van der Waals surface area contributed by atoms with E-state index in [0.29, 0.717) is 22.3 Å². The van der Waals surface area contributed by atoms with E-state index in [9.17, 15) is 4.39 Å². The van der Waals surface area contributed by atoms with E-state index in [1.165, 1.54) is 29.2 Å². The number of thiophene rings is 1. The van der Waals surface area contributed by atoms with E-state index in [1.807, 2.05) is 11.4 Å². The number of nitrogens with zero attached hydrogens (tertiary/aromatic N) is 2. The molecule has 0 atom stereocenters. The molecular weight excluding hydrogens is 361 g/mol. The summed E-state index contributed by atoms with van der Waals surface area (Å²) in [4.78, 5) is 9.52. The van der Waals surface area contributed by atoms with Crippen molar-refractivity contribution in [2.24, 2.45) is 0 Å². The summed E-state index contributed by atoms with van der Waals surface area (Å²) in [6.45, 7) is 0. The van der Waals surface area contributed by atoms with Gasteiger partial charge in [0, 0.05) is 10.2 Å². The lowest BCUT2D eigenvalue weighted by Crippen LogP contribution is -1.96. The van der Waals surface area contributed by atoms with Gasteiger partial charge in [-0.25, -0.2) is 14.4 Å². The zero-order chi connectivity index (χ0) is 14.1. The highest BCUT2D eigenvalue weighted by Gasteiger charge is 2.09. The van der Waals surface area contributed by atoms with Crippen LogP contribution >= 0.6 is 39.0 Å². The second kappa shape index (κ2) is 5.67. The van der Waals surface area contributed by atoms with Crippen LogP contribution in [0.5, 0.6) is 0 Å². The van der Waals surface area contributed by atoms with Gasteiger partial charge < -0.3 is 5.73 Å². The topological polar surface area (TPSA) is 51.8 Å². The molecule has 0 aliphatic heterocycles. The summed E-state index contributed by atoms with van der Waals surface area (Å²) in [6, 6.07) is 6.78. The normalized spacial score (nSPS) is 11.1. The first-order chi connectivity index (χ1) is 9.63. The molecule has 0 aliphatic rings. The Morgan fingerprint density at radius 2 is 2.15 bits per heavy atom. The maximum Gasteiger partial charge on any atom is 0.191 e. The maximum absolute atomic E-state index is 13.7. The van der Waals surface area contributed by atoms with E-state index < -0.39 is 0 Å². The predicted octanol–water partition coefficient (Wildman–Crippen LogP) is 4.47. The molecule has 3 aromatic rings. The molecule has 0 saturated carbocycles. The first-order valence-corrected chi connectivity index (χ1v) is 8.37. The number of nitrogens with two attached hydrogens (primary N) is 1. The first-order valence-electron chi connectivity index (χ1n) is 5.71. The fourth-order valence-corrected chi connectivity index (χ4v) is 3.78. The Kier molecular flexibility index (Phi) is 3.91. The van der Waals surface area contributed by atoms with Crippen LogP contribution in [0, 0.1) is 5.82 Å². The average molecular weight is 370 g/mol. The fourth-order valence-electron chi connectivity index (χ4n) is 1.72. The lowest BCUT2D eigenvalue weighted by atomic mass is 10.2. The van der Waals surface area contributed by atoms with Crippen LogP contribution in [0.3, 0.4) is 0 Å². The van der Waals surface area contributed by atoms with Crippen molar-refractivity contribution in [2.45, 2.75) is 10.9 Å². The standard InChI is InChI=1S/C13H9BrFN3S2/c14-8-1-2-10(15)7(5-8)6-20-13-17-11(16)9-3-4-19-12(9)18-13/h1-5H,6H2,(H2,16,17,18). The third-order valence-electron chi connectivity index (χ3n) is 2.70. The highest BCUT2D eigenvalue weighted by Crippen LogP contribution is 2.28. The Labute approximate surface area is 131 Å². The summed E-state index contributed by atoms with van der Waals surface area (Å²) in [6.07, 6.45) is 0. The number of fused-ring (bicyclic) bond motifs is 1. The van der Waals surface area contributed by atoms with Crippen LogP contribution in [0.1, 0.15) is 5.56 Å². The van der Waals surface area contributed by atoms with Crippen molar-refractivity contribution in [3.05, 3.63) is 45.5 Å². The molecule has 1 aromatic carbocycles. The largest absolute Gasteiger partial charge is 0.383 e. The number of anilines is 1. The van der Waals surface area contributed by atoms with Gasteiger partial charge in [-0.15, -0.1) is 11.3 Å². The third kappa shape index (κ3) is 2.79. The molecule has 2 N–H and O–H groups in total. The number of benzene rings is 1. The van der Waals surface area contributed by atoms with Gasteiger partial charge in [-0.2, -0.15) is 0 Å². The van der Waals surface area contributed by atoms with Crippen LogP contribution < -0.4 is 5.73 Å². The highest BCUT2D eigenvalue weighted by atomic mass is 79.9. The van der Waals surface area contributed by atoms with Crippen LogP contribution in [0.25, 0.3) is 10.2 Å². The molecular formula is C13H9BrFN3S2. The number of nitrogen functional groups attached to an aromatic ring is 1. The fraction of sp³-hybridized carbons (Fsp3) is 0.0769. The average Bonchev–Trinajstić information content (AvgIpc) is 2.89. The number of rotatable bonds is 3. The molecule has 0 spiro atoms. The Morgan fingerprint density at radius 3 is 3.00 bits per heavy atom. The summed E-state index contributed by atoms with van der Waals surface area (Å²) in [5, 5.41) is 3.36. The minimum atomic E-state index is -0.231. The van der Waals surface area contributed by atoms with E-state index in [1.54, 1.807) is 12.1 Å². The molecule has 0 saturated heterocycles. The van der Waals surface area contributed by atoms with Crippen molar-refractivity contribution in [1.82, 2.24) is 9.97 Å². The Bertz CT molecular complexity index is 775. The molecule has 0 amide bonds. The molecule has 0 aliphatic carbocycles. The highest BCUT2D eigenvalue weighted by molar-refractivity contribution is 9.10. The molecule has 0 unspecified atom stereocenters. The van der Waals surface area contributed by atoms with Crippen molar-refractivity contribution in [2.75, 3.05) is 5.73 Å². The van der Waals surface area contributed by atoms with Gasteiger partial charge in [-0.3, -0.25) is 0 Å². The van der Waals surface area contributed by atoms with Gasteiger partial charge in [0.2, 0.25) is 0 Å². The second-order valence-electron chi connectivity index (χ2n) is 4.06. The Hall–Kier alpha value is -1.18. The molecule has 7 heteroatoms. The van der Waals surface area contributed by atoms with Gasteiger partial charge in [0.15, 0.2) is 5.16 Å². The number of halogens is 2. The first kappa shape index (κ1) is 13.8. The van der Waals surface area contributed by atoms with E-state index in [-0.39, 0.29) is 5.82 Å². The Morgan fingerprint density at radius 1 is 1.30 bits per heavy atom. The zero-order valence-corrected chi connectivity index (χ0v) is 13.4. The van der Waals surface area contributed by atoms with Crippen LogP contribution in [-0.2, 0) is 5.75 Å². The zero-order valence-electron chi connectivity index (χ0n) is 10.1. The van der Waals surface area contributed by atoms with Crippen LogP contribution in [0.4, 0.5) is 10.2 Å². The molecule has 2 heterocycles. The number of thioether (sulfide) groups is 1. The van der Waals surface area contributed by atoms with Gasteiger partial charge in [-0.1, -0.05) is 27.7 Å². The van der Waals surface area contributed by atoms with Crippen molar-refractivity contribution < 1.29 is 4.39 Å². The third-order valence-corrected chi connectivity index (χ3v) is 4.89. The molecule has 3 rings (SSSR count).